The normalized spacial score (nSPS) is 28.1. The van der Waals surface area contributed by atoms with Gasteiger partial charge in [-0.05, 0) is 6.92 Å². The quantitative estimate of drug-likeness (QED) is 0.575. The highest BCUT2D eigenvalue weighted by atomic mass is 16.6. The van der Waals surface area contributed by atoms with Gasteiger partial charge in [0.15, 0.2) is 11.5 Å². The number of hydrogen-bond donors (Lipinski definition) is 0. The molecule has 2 aliphatic rings. The molecule has 0 fully saturated rings. The van der Waals surface area contributed by atoms with Gasteiger partial charge < -0.3 is 13.9 Å². The Hall–Kier alpha value is -2.04. The lowest BCUT2D eigenvalue weighted by Crippen LogP contribution is -2.32. The van der Waals surface area contributed by atoms with Crippen LogP contribution in [0.1, 0.15) is 31.3 Å². The predicted octanol–water partition coefficient (Wildman–Crippen LogP) is 1.66. The summed E-state index contributed by atoms with van der Waals surface area (Å²) >= 11 is 0. The first-order valence-corrected chi connectivity index (χ1v) is 5.23. The monoisotopic (exact) mass is 234 g/mol. The molecule has 2 bridgehead atoms. The van der Waals surface area contributed by atoms with Crippen LogP contribution in [0, 0.1) is 0 Å². The maximum absolute atomic E-state index is 11.8. The molecule has 0 spiro atoms. The third kappa shape index (κ3) is 0.945. The number of rotatable bonds is 2. The Labute approximate surface area is 97.0 Å². The Bertz CT molecular complexity index is 568. The molecule has 0 aliphatic carbocycles. The second-order valence-electron chi connectivity index (χ2n) is 4.39. The lowest BCUT2D eigenvalue weighted by molar-refractivity contribution is -0.138. The Balaban J connectivity index is 2.13. The van der Waals surface area contributed by atoms with Crippen LogP contribution in [0.3, 0.4) is 0 Å². The van der Waals surface area contributed by atoms with Gasteiger partial charge in [0.1, 0.15) is 5.41 Å². The van der Waals surface area contributed by atoms with Crippen LogP contribution in [0.15, 0.2) is 17.1 Å². The third-order valence-electron chi connectivity index (χ3n) is 3.57. The molecule has 2 atom stereocenters. The highest BCUT2D eigenvalue weighted by Gasteiger charge is 2.62. The highest BCUT2D eigenvalue weighted by Crippen LogP contribution is 2.62. The summed E-state index contributed by atoms with van der Waals surface area (Å²) < 4.78 is 15.7. The topological polar surface area (TPSA) is 65.7 Å². The van der Waals surface area contributed by atoms with Crippen LogP contribution in [0.25, 0.3) is 0 Å². The van der Waals surface area contributed by atoms with E-state index in [0.29, 0.717) is 11.5 Å². The molecule has 2 unspecified atom stereocenters. The van der Waals surface area contributed by atoms with Crippen LogP contribution in [0.2, 0.25) is 0 Å². The molecule has 88 valence electrons. The average Bonchev–Trinajstić information content (AvgIpc) is 2.84. The van der Waals surface area contributed by atoms with Crippen LogP contribution >= 0.6 is 0 Å². The van der Waals surface area contributed by atoms with Gasteiger partial charge in [-0.25, -0.2) is 4.79 Å². The van der Waals surface area contributed by atoms with E-state index in [1.807, 2.05) is 6.92 Å². The molecule has 3 rings (SSSR count). The minimum Gasteiger partial charge on any atom is -0.456 e. The van der Waals surface area contributed by atoms with Crippen molar-refractivity contribution in [2.45, 2.75) is 25.2 Å². The van der Waals surface area contributed by atoms with Crippen LogP contribution < -0.4 is 9.47 Å². The van der Waals surface area contributed by atoms with Crippen molar-refractivity contribution in [2.24, 2.45) is 0 Å². The average molecular weight is 234 g/mol. The summed E-state index contributed by atoms with van der Waals surface area (Å²) in [5.41, 5.74) is -0.769. The molecule has 3 heterocycles. The molecule has 0 amide bonds. The van der Waals surface area contributed by atoms with Gasteiger partial charge in [-0.3, -0.25) is 4.79 Å². The fraction of sp³-hybridized carbons (Fsp3) is 0.333. The predicted molar refractivity (Wildman–Crippen MR) is 55.9 cm³/mol. The molecule has 2 aliphatic heterocycles. The lowest BCUT2D eigenvalue weighted by atomic mass is 9.75. The molecule has 0 aromatic carbocycles. The van der Waals surface area contributed by atoms with Crippen molar-refractivity contribution in [3.8, 4) is 11.5 Å². The number of carbonyl (C=O) groups is 2. The Morgan fingerprint density at radius 2 is 2.29 bits per heavy atom. The molecule has 0 saturated heterocycles. The van der Waals surface area contributed by atoms with E-state index in [2.05, 4.69) is 6.58 Å². The van der Waals surface area contributed by atoms with Crippen LogP contribution in [0.5, 0.6) is 11.5 Å². The van der Waals surface area contributed by atoms with Gasteiger partial charge in [0, 0.05) is 12.0 Å². The Morgan fingerprint density at radius 1 is 1.59 bits per heavy atom. The molecule has 5 heteroatoms. The van der Waals surface area contributed by atoms with E-state index in [4.69, 9.17) is 13.9 Å². The van der Waals surface area contributed by atoms with E-state index in [9.17, 15) is 9.59 Å². The lowest BCUT2D eigenvalue weighted by Gasteiger charge is -2.19. The third-order valence-corrected chi connectivity index (χ3v) is 3.57. The number of carbonyl (C=O) groups excluding carboxylic acids is 2. The van der Waals surface area contributed by atoms with Crippen LogP contribution in [-0.2, 0) is 15.0 Å². The van der Waals surface area contributed by atoms with E-state index >= 15 is 0 Å². The largest absolute Gasteiger partial charge is 0.456 e. The van der Waals surface area contributed by atoms with E-state index < -0.39 is 11.4 Å². The second kappa shape index (κ2) is 2.80. The summed E-state index contributed by atoms with van der Waals surface area (Å²) in [5, 5.41) is 0. The van der Waals surface area contributed by atoms with Gasteiger partial charge in [0.25, 0.3) is 0 Å². The van der Waals surface area contributed by atoms with Gasteiger partial charge in [-0.2, -0.15) is 0 Å². The van der Waals surface area contributed by atoms with Crippen molar-refractivity contribution in [3.63, 3.8) is 0 Å². The van der Waals surface area contributed by atoms with Gasteiger partial charge in [0.05, 0.1) is 0 Å². The van der Waals surface area contributed by atoms with Gasteiger partial charge in [-0.1, -0.05) is 13.5 Å². The van der Waals surface area contributed by atoms with Crippen molar-refractivity contribution in [1.82, 2.24) is 0 Å². The molecule has 0 N–H and O–H groups in total. The second-order valence-corrected chi connectivity index (χ2v) is 4.39. The minimum atomic E-state index is -0.769. The standard InChI is InChI=1S/C12H10O5/c1-4-6(13)15-8-7-5(2)12(3)10(16-7)9(8)17-11(12)14/h4-5H,1H2,2-3H3. The first-order valence-electron chi connectivity index (χ1n) is 5.23. The van der Waals surface area contributed by atoms with Crippen molar-refractivity contribution < 1.29 is 23.5 Å². The zero-order valence-corrected chi connectivity index (χ0v) is 9.40. The van der Waals surface area contributed by atoms with E-state index in [-0.39, 0.29) is 23.4 Å². The first-order chi connectivity index (χ1) is 8.00. The Morgan fingerprint density at radius 3 is 2.94 bits per heavy atom. The number of ether oxygens (including phenoxy) is 2. The Kier molecular flexibility index (Phi) is 1.67. The van der Waals surface area contributed by atoms with E-state index in [0.717, 1.165) is 6.08 Å². The molecular weight excluding hydrogens is 224 g/mol. The molecular formula is C12H10O5. The summed E-state index contributed by atoms with van der Waals surface area (Å²) in [5.74, 6) is 0.226. The van der Waals surface area contributed by atoms with Crippen molar-refractivity contribution >= 4 is 11.9 Å². The van der Waals surface area contributed by atoms with Gasteiger partial charge in [-0.15, -0.1) is 0 Å². The maximum Gasteiger partial charge on any atom is 0.335 e. The SMILES string of the molecule is C=CC(=O)Oc1c2oc3c1OC(=O)C3(C)C2C. The van der Waals surface area contributed by atoms with Gasteiger partial charge >= 0.3 is 11.9 Å². The zero-order chi connectivity index (χ0) is 12.4. The minimum absolute atomic E-state index is 0.191. The van der Waals surface area contributed by atoms with Crippen molar-refractivity contribution in [1.29, 1.82) is 0 Å². The molecule has 0 radical (unpaired) electrons. The summed E-state index contributed by atoms with van der Waals surface area (Å²) in [6, 6.07) is 0. The van der Waals surface area contributed by atoms with Crippen LogP contribution in [0.4, 0.5) is 0 Å². The summed E-state index contributed by atoms with van der Waals surface area (Å²) in [6.45, 7) is 6.92. The first kappa shape index (κ1) is 10.1. The van der Waals surface area contributed by atoms with Crippen molar-refractivity contribution in [2.75, 3.05) is 0 Å². The molecule has 5 nitrogen and oxygen atoms in total. The fourth-order valence-corrected chi connectivity index (χ4v) is 2.30. The molecule has 0 saturated carbocycles. The molecule has 17 heavy (non-hydrogen) atoms. The van der Waals surface area contributed by atoms with E-state index in [1.54, 1.807) is 6.92 Å². The highest BCUT2D eigenvalue weighted by molar-refractivity contribution is 5.95. The molecule has 1 aromatic heterocycles. The maximum atomic E-state index is 11.8. The number of furan rings is 1. The fourth-order valence-electron chi connectivity index (χ4n) is 2.30. The van der Waals surface area contributed by atoms with Crippen LogP contribution in [-0.4, -0.2) is 11.9 Å². The van der Waals surface area contributed by atoms with Gasteiger partial charge in [0.2, 0.25) is 11.5 Å². The number of fused-ring (bicyclic) bond motifs is 1. The summed E-state index contributed by atoms with van der Waals surface area (Å²) in [4.78, 5) is 23.0. The molecule has 1 aromatic rings. The summed E-state index contributed by atoms with van der Waals surface area (Å²) in [6.07, 6.45) is 1.05. The number of esters is 2. The smallest absolute Gasteiger partial charge is 0.335 e. The zero-order valence-electron chi connectivity index (χ0n) is 9.40. The number of hydrogen-bond acceptors (Lipinski definition) is 5. The van der Waals surface area contributed by atoms with Crippen molar-refractivity contribution in [3.05, 3.63) is 24.2 Å². The van der Waals surface area contributed by atoms with E-state index in [1.165, 1.54) is 0 Å². The summed E-state index contributed by atoms with van der Waals surface area (Å²) in [7, 11) is 0.